The zero-order chi connectivity index (χ0) is 42.9. The van der Waals surface area contributed by atoms with Crippen molar-refractivity contribution in [1.29, 1.82) is 0 Å². The number of likely N-dealkylation sites (tertiary alicyclic amines) is 1. The van der Waals surface area contributed by atoms with Gasteiger partial charge in [-0.2, -0.15) is 0 Å². The molecule has 1 aromatic heterocycles. The third kappa shape index (κ3) is 13.3. The molecular weight excluding hydrogens is 765 g/mol. The van der Waals surface area contributed by atoms with Crippen LogP contribution in [0.2, 0.25) is 0 Å². The van der Waals surface area contributed by atoms with Crippen molar-refractivity contribution >= 4 is 46.8 Å². The van der Waals surface area contributed by atoms with Gasteiger partial charge in [-0.1, -0.05) is 75.9 Å². The van der Waals surface area contributed by atoms with E-state index in [4.69, 9.17) is 18.9 Å². The molecule has 5 rings (SSSR count). The van der Waals surface area contributed by atoms with Crippen molar-refractivity contribution in [3.63, 3.8) is 0 Å². The minimum Gasteiger partial charge on any atom is -0.379 e. The Hall–Kier alpha value is -5.41. The number of para-hydroxylation sites is 1. The third-order valence-electron chi connectivity index (χ3n) is 10.3. The number of carbonyl (C=O) groups excluding carboxylic acids is 4. The SMILES string of the molecule is C=C(CCOCCOCCOCCOCCNC(=O)c1cnc(Nc2ccccc2C)c(NC(=O)C2=CCc3ccccc32)c1)NC(C(=O)N1CCCC1C=O)C(C)(C)C. The molecule has 0 bridgehead atoms. The fourth-order valence-electron chi connectivity index (χ4n) is 6.91. The van der Waals surface area contributed by atoms with Crippen LogP contribution in [-0.4, -0.2) is 112 Å². The maximum Gasteiger partial charge on any atom is 0.256 e. The lowest BCUT2D eigenvalue weighted by Crippen LogP contribution is -2.54. The molecule has 3 amide bonds. The maximum absolute atomic E-state index is 13.5. The van der Waals surface area contributed by atoms with Crippen molar-refractivity contribution in [2.75, 3.05) is 76.6 Å². The first kappa shape index (κ1) is 45.7. The number of pyridine rings is 1. The first-order valence-electron chi connectivity index (χ1n) is 20.7. The van der Waals surface area contributed by atoms with E-state index in [1.807, 2.05) is 82.3 Å². The number of aldehydes is 1. The van der Waals surface area contributed by atoms with Crippen LogP contribution in [0.25, 0.3) is 5.57 Å². The standard InChI is InChI=1S/C46H60N6O8/c1-32-11-6-9-15-39(32)50-42-40(51-44(55)38-17-16-34-12-7-8-14-37(34)38)29-35(30-48-42)43(54)47-19-22-58-24-26-60-28-27-59-25-23-57-21-18-33(2)49-41(46(3,4)5)45(56)52-20-10-13-36(52)31-53/h6-9,11-12,14-15,17,29-31,36,41,49H,2,10,13,16,18-28H2,1,3-5H3,(H,47,54)(H,48,50)(H,51,55). The number of hydrogen-bond donors (Lipinski definition) is 4. The second-order valence-electron chi connectivity index (χ2n) is 15.9. The lowest BCUT2D eigenvalue weighted by Gasteiger charge is -2.35. The molecule has 2 unspecified atom stereocenters. The summed E-state index contributed by atoms with van der Waals surface area (Å²) in [6, 6.07) is 16.3. The first-order valence-corrected chi connectivity index (χ1v) is 20.7. The van der Waals surface area contributed by atoms with Gasteiger partial charge in [-0.3, -0.25) is 14.4 Å². The van der Waals surface area contributed by atoms with Crippen molar-refractivity contribution in [2.24, 2.45) is 5.41 Å². The summed E-state index contributed by atoms with van der Waals surface area (Å²) in [6.07, 6.45) is 7.01. The average Bonchev–Trinajstić information content (AvgIpc) is 3.90. The lowest BCUT2D eigenvalue weighted by molar-refractivity contribution is -0.138. The van der Waals surface area contributed by atoms with Gasteiger partial charge in [0.15, 0.2) is 5.82 Å². The topological polar surface area (TPSA) is 169 Å². The Morgan fingerprint density at radius 3 is 2.27 bits per heavy atom. The van der Waals surface area contributed by atoms with E-state index in [0.29, 0.717) is 100 Å². The summed E-state index contributed by atoms with van der Waals surface area (Å²) >= 11 is 0. The van der Waals surface area contributed by atoms with E-state index in [-0.39, 0.29) is 42.3 Å². The molecule has 2 aliphatic rings. The van der Waals surface area contributed by atoms with Gasteiger partial charge in [0.05, 0.1) is 70.1 Å². The molecule has 0 radical (unpaired) electrons. The predicted molar refractivity (Wildman–Crippen MR) is 232 cm³/mol. The van der Waals surface area contributed by atoms with Gasteiger partial charge >= 0.3 is 0 Å². The van der Waals surface area contributed by atoms with Crippen LogP contribution in [0.4, 0.5) is 17.2 Å². The third-order valence-corrected chi connectivity index (χ3v) is 10.3. The lowest BCUT2D eigenvalue weighted by atomic mass is 9.85. The number of aromatic nitrogens is 1. The van der Waals surface area contributed by atoms with Gasteiger partial charge in [0.2, 0.25) is 5.91 Å². The summed E-state index contributed by atoms with van der Waals surface area (Å²) in [5.74, 6) is -0.274. The van der Waals surface area contributed by atoms with Crippen LogP contribution < -0.4 is 21.3 Å². The molecule has 2 atom stereocenters. The number of nitrogens with one attached hydrogen (secondary N) is 4. The van der Waals surface area contributed by atoms with Crippen LogP contribution in [0.3, 0.4) is 0 Å². The number of allylic oxidation sites excluding steroid dienone is 1. The fraction of sp³-hybridized carbons (Fsp3) is 0.457. The normalized spacial score (nSPS) is 15.2. The molecular formula is C46H60N6O8. The van der Waals surface area contributed by atoms with E-state index >= 15 is 0 Å². The Labute approximate surface area is 353 Å². The summed E-state index contributed by atoms with van der Waals surface area (Å²) in [7, 11) is 0. The fourth-order valence-corrected chi connectivity index (χ4v) is 6.91. The van der Waals surface area contributed by atoms with Crippen LogP contribution >= 0.6 is 0 Å². The predicted octanol–water partition coefficient (Wildman–Crippen LogP) is 5.61. The van der Waals surface area contributed by atoms with Crippen molar-refractivity contribution < 1.29 is 38.1 Å². The highest BCUT2D eigenvalue weighted by Gasteiger charge is 2.38. The molecule has 2 aromatic carbocycles. The molecule has 2 heterocycles. The van der Waals surface area contributed by atoms with Gasteiger partial charge in [0, 0.05) is 42.7 Å². The van der Waals surface area contributed by atoms with Crippen LogP contribution in [0.5, 0.6) is 0 Å². The number of rotatable bonds is 24. The van der Waals surface area contributed by atoms with E-state index in [0.717, 1.165) is 35.1 Å². The number of hydrogen-bond acceptors (Lipinski definition) is 11. The van der Waals surface area contributed by atoms with Crippen LogP contribution in [0.1, 0.15) is 67.1 Å². The first-order chi connectivity index (χ1) is 29.0. The van der Waals surface area contributed by atoms with Crippen LogP contribution in [0.15, 0.2) is 79.1 Å². The van der Waals surface area contributed by atoms with E-state index in [1.54, 1.807) is 11.0 Å². The molecule has 1 saturated heterocycles. The Bertz CT molecular complexity index is 1980. The van der Waals surface area contributed by atoms with E-state index in [1.165, 1.54) is 6.20 Å². The molecule has 14 nitrogen and oxygen atoms in total. The zero-order valence-electron chi connectivity index (χ0n) is 35.3. The van der Waals surface area contributed by atoms with Crippen molar-refractivity contribution in [1.82, 2.24) is 20.5 Å². The van der Waals surface area contributed by atoms with Crippen molar-refractivity contribution in [2.45, 2.75) is 65.5 Å². The second-order valence-corrected chi connectivity index (χ2v) is 15.9. The Balaban J connectivity index is 0.932. The molecule has 0 saturated carbocycles. The monoisotopic (exact) mass is 824 g/mol. The zero-order valence-corrected chi connectivity index (χ0v) is 35.3. The molecule has 3 aromatic rings. The largest absolute Gasteiger partial charge is 0.379 e. The summed E-state index contributed by atoms with van der Waals surface area (Å²) in [5, 5.41) is 12.4. The number of fused-ring (bicyclic) bond motifs is 1. The Morgan fingerprint density at radius 2 is 1.57 bits per heavy atom. The molecule has 1 aliphatic carbocycles. The number of carbonyl (C=O) groups is 4. The summed E-state index contributed by atoms with van der Waals surface area (Å²) in [5.41, 5.74) is 5.43. The second kappa shape index (κ2) is 22.8. The highest BCUT2D eigenvalue weighted by molar-refractivity contribution is 6.27. The molecule has 0 spiro atoms. The van der Waals surface area contributed by atoms with E-state index in [2.05, 4.69) is 32.8 Å². The Morgan fingerprint density at radius 1 is 0.900 bits per heavy atom. The Kier molecular flexibility index (Phi) is 17.4. The molecule has 4 N–H and O–H groups in total. The average molecular weight is 825 g/mol. The van der Waals surface area contributed by atoms with Crippen molar-refractivity contribution in [3.05, 3.63) is 101 Å². The molecule has 322 valence electrons. The van der Waals surface area contributed by atoms with Crippen LogP contribution in [0, 0.1) is 12.3 Å². The number of amides is 3. The maximum atomic E-state index is 13.5. The van der Waals surface area contributed by atoms with Gasteiger partial charge in [0.25, 0.3) is 11.8 Å². The van der Waals surface area contributed by atoms with Gasteiger partial charge in [0.1, 0.15) is 12.3 Å². The summed E-state index contributed by atoms with van der Waals surface area (Å²) in [6.45, 7) is 16.0. The van der Waals surface area contributed by atoms with Gasteiger partial charge in [-0.25, -0.2) is 4.98 Å². The summed E-state index contributed by atoms with van der Waals surface area (Å²) in [4.78, 5) is 57.5. The quantitative estimate of drug-likeness (QED) is 0.0655. The molecule has 60 heavy (non-hydrogen) atoms. The van der Waals surface area contributed by atoms with Gasteiger partial charge in [-0.05, 0) is 60.4 Å². The smallest absolute Gasteiger partial charge is 0.256 e. The van der Waals surface area contributed by atoms with E-state index < -0.39 is 6.04 Å². The van der Waals surface area contributed by atoms with E-state index in [9.17, 15) is 19.2 Å². The minimum atomic E-state index is -0.489. The van der Waals surface area contributed by atoms with Crippen molar-refractivity contribution in [3.8, 4) is 0 Å². The molecule has 1 aliphatic heterocycles. The number of benzene rings is 2. The number of nitrogens with zero attached hydrogens (tertiary/aromatic N) is 2. The number of ether oxygens (including phenoxy) is 4. The number of aryl methyl sites for hydroxylation is 1. The summed E-state index contributed by atoms with van der Waals surface area (Å²) < 4.78 is 22.5. The highest BCUT2D eigenvalue weighted by Crippen LogP contribution is 2.31. The highest BCUT2D eigenvalue weighted by atomic mass is 16.6. The van der Waals surface area contributed by atoms with Gasteiger partial charge < -0.3 is 49.9 Å². The van der Waals surface area contributed by atoms with Gasteiger partial charge in [-0.15, -0.1) is 0 Å². The molecule has 14 heteroatoms. The molecule has 1 fully saturated rings. The minimum absolute atomic E-state index is 0.0721. The number of anilines is 3. The van der Waals surface area contributed by atoms with Crippen LogP contribution in [-0.2, 0) is 39.8 Å².